The van der Waals surface area contributed by atoms with Crippen LogP contribution in [0.25, 0.3) is 0 Å². The fourth-order valence-electron chi connectivity index (χ4n) is 1.38. The first-order valence-electron chi connectivity index (χ1n) is 5.33. The van der Waals surface area contributed by atoms with E-state index in [9.17, 15) is 13.5 Å². The number of hydrogen-bond acceptors (Lipinski definition) is 4. The molecule has 1 aromatic rings. The maximum Gasteiger partial charge on any atom is 0.240 e. The van der Waals surface area contributed by atoms with Gasteiger partial charge in [-0.3, -0.25) is 0 Å². The molecule has 0 spiro atoms. The second-order valence-electron chi connectivity index (χ2n) is 4.24. The lowest BCUT2D eigenvalue weighted by molar-refractivity contribution is 0.218. The summed E-state index contributed by atoms with van der Waals surface area (Å²) in [7, 11) is -3.77. The molecule has 0 aliphatic carbocycles. The molecular formula is C11H18N2O3S. The molecule has 0 amide bonds. The van der Waals surface area contributed by atoms with Crippen molar-refractivity contribution in [3.8, 4) is 0 Å². The molecule has 1 atom stereocenters. The van der Waals surface area contributed by atoms with Gasteiger partial charge >= 0.3 is 0 Å². The van der Waals surface area contributed by atoms with Gasteiger partial charge in [0.25, 0.3) is 0 Å². The van der Waals surface area contributed by atoms with Gasteiger partial charge in [0, 0.05) is 0 Å². The van der Waals surface area contributed by atoms with Crippen LogP contribution >= 0.6 is 0 Å². The van der Waals surface area contributed by atoms with E-state index in [1.165, 1.54) is 6.07 Å². The minimum atomic E-state index is -3.77. The lowest BCUT2D eigenvalue weighted by Gasteiger charge is -2.29. The minimum absolute atomic E-state index is 0.0353. The number of sulfonamides is 1. The summed E-state index contributed by atoms with van der Waals surface area (Å²) >= 11 is 0. The molecule has 0 saturated heterocycles. The van der Waals surface area contributed by atoms with Crippen molar-refractivity contribution in [3.05, 3.63) is 24.3 Å². The molecule has 0 heterocycles. The first-order chi connectivity index (χ1) is 7.82. The first kappa shape index (κ1) is 14.0. The van der Waals surface area contributed by atoms with Crippen molar-refractivity contribution in [1.29, 1.82) is 0 Å². The smallest absolute Gasteiger partial charge is 0.240 e. The molecule has 0 bridgehead atoms. The fraction of sp³-hybridized carbons (Fsp3) is 0.455. The van der Waals surface area contributed by atoms with Gasteiger partial charge in [-0.1, -0.05) is 19.1 Å². The van der Waals surface area contributed by atoms with Gasteiger partial charge in [-0.15, -0.1) is 0 Å². The van der Waals surface area contributed by atoms with Crippen molar-refractivity contribution in [2.24, 2.45) is 5.14 Å². The quantitative estimate of drug-likeness (QED) is 0.732. The van der Waals surface area contributed by atoms with Gasteiger partial charge in [-0.25, -0.2) is 13.6 Å². The first-order valence-corrected chi connectivity index (χ1v) is 6.88. The van der Waals surface area contributed by atoms with Gasteiger partial charge in [-0.2, -0.15) is 0 Å². The molecule has 4 N–H and O–H groups in total. The maximum atomic E-state index is 11.4. The monoisotopic (exact) mass is 258 g/mol. The number of primary sulfonamides is 1. The van der Waals surface area contributed by atoms with Crippen molar-refractivity contribution in [2.45, 2.75) is 30.7 Å². The molecule has 0 aliphatic rings. The Morgan fingerprint density at radius 1 is 1.41 bits per heavy atom. The van der Waals surface area contributed by atoms with Crippen molar-refractivity contribution >= 4 is 15.7 Å². The number of para-hydroxylation sites is 1. The van der Waals surface area contributed by atoms with Gasteiger partial charge < -0.3 is 10.4 Å². The highest BCUT2D eigenvalue weighted by molar-refractivity contribution is 7.89. The molecule has 1 rings (SSSR count). The van der Waals surface area contributed by atoms with Gasteiger partial charge in [0.1, 0.15) is 4.90 Å². The molecule has 0 saturated carbocycles. The highest BCUT2D eigenvalue weighted by Crippen LogP contribution is 2.24. The lowest BCUT2D eigenvalue weighted by atomic mass is 10.00. The van der Waals surface area contributed by atoms with E-state index in [0.717, 1.165) is 0 Å². The van der Waals surface area contributed by atoms with Crippen LogP contribution in [0.3, 0.4) is 0 Å². The Morgan fingerprint density at radius 2 is 2.00 bits per heavy atom. The van der Waals surface area contributed by atoms with E-state index in [4.69, 9.17) is 5.14 Å². The zero-order chi connectivity index (χ0) is 13.1. The lowest BCUT2D eigenvalue weighted by Crippen LogP contribution is -2.38. The third-order valence-corrected chi connectivity index (χ3v) is 3.73. The van der Waals surface area contributed by atoms with Crippen LogP contribution in [-0.4, -0.2) is 25.7 Å². The summed E-state index contributed by atoms with van der Waals surface area (Å²) < 4.78 is 22.8. The molecule has 5 nitrogen and oxygen atoms in total. The largest absolute Gasteiger partial charge is 0.394 e. The van der Waals surface area contributed by atoms with Crippen LogP contribution in [0.5, 0.6) is 0 Å². The predicted molar refractivity (Wildman–Crippen MR) is 67.2 cm³/mol. The average molecular weight is 258 g/mol. The molecule has 6 heteroatoms. The van der Waals surface area contributed by atoms with E-state index in [0.29, 0.717) is 12.1 Å². The molecule has 0 radical (unpaired) electrons. The van der Waals surface area contributed by atoms with Gasteiger partial charge in [0.15, 0.2) is 0 Å². The fourth-order valence-corrected chi connectivity index (χ4v) is 2.08. The van der Waals surface area contributed by atoms with Crippen molar-refractivity contribution in [3.63, 3.8) is 0 Å². The molecule has 1 aromatic carbocycles. The van der Waals surface area contributed by atoms with Gasteiger partial charge in [0.05, 0.1) is 17.8 Å². The topological polar surface area (TPSA) is 92.4 Å². The zero-order valence-corrected chi connectivity index (χ0v) is 10.8. The van der Waals surface area contributed by atoms with E-state index in [1.807, 2.05) is 13.8 Å². The number of anilines is 1. The van der Waals surface area contributed by atoms with Crippen LogP contribution in [0, 0.1) is 0 Å². The van der Waals surface area contributed by atoms with Crippen LogP contribution in [-0.2, 0) is 10.0 Å². The Balaban J connectivity index is 3.16. The molecule has 1 unspecified atom stereocenters. The highest BCUT2D eigenvalue weighted by atomic mass is 32.2. The summed E-state index contributed by atoms with van der Waals surface area (Å²) in [5.41, 5.74) is -0.158. The van der Waals surface area contributed by atoms with Crippen LogP contribution in [0.15, 0.2) is 29.2 Å². The second-order valence-corrected chi connectivity index (χ2v) is 5.77. The number of benzene rings is 1. The highest BCUT2D eigenvalue weighted by Gasteiger charge is 2.23. The molecular weight excluding hydrogens is 240 g/mol. The van der Waals surface area contributed by atoms with Crippen molar-refractivity contribution < 1.29 is 13.5 Å². The van der Waals surface area contributed by atoms with Crippen LogP contribution < -0.4 is 10.5 Å². The van der Waals surface area contributed by atoms with E-state index in [-0.39, 0.29) is 11.5 Å². The summed E-state index contributed by atoms with van der Waals surface area (Å²) in [5, 5.41) is 17.4. The summed E-state index contributed by atoms with van der Waals surface area (Å²) in [5.74, 6) is 0. The summed E-state index contributed by atoms with van der Waals surface area (Å²) in [6.45, 7) is 3.62. The Bertz CT molecular complexity index is 481. The Hall–Kier alpha value is -1.11. The third kappa shape index (κ3) is 3.42. The molecule has 0 fully saturated rings. The zero-order valence-electron chi connectivity index (χ0n) is 9.97. The van der Waals surface area contributed by atoms with E-state index in [2.05, 4.69) is 5.32 Å². The molecule has 0 aromatic heterocycles. The number of aliphatic hydroxyl groups is 1. The van der Waals surface area contributed by atoms with Crippen molar-refractivity contribution in [2.75, 3.05) is 11.9 Å². The number of aliphatic hydroxyl groups excluding tert-OH is 1. The number of nitrogens with two attached hydrogens (primary N) is 1. The van der Waals surface area contributed by atoms with Gasteiger partial charge in [0.2, 0.25) is 10.0 Å². The summed E-state index contributed by atoms with van der Waals surface area (Å²) in [6, 6.07) is 6.38. The van der Waals surface area contributed by atoms with E-state index >= 15 is 0 Å². The Labute approximate surface area is 102 Å². The van der Waals surface area contributed by atoms with Crippen molar-refractivity contribution in [1.82, 2.24) is 0 Å². The average Bonchev–Trinajstić information content (AvgIpc) is 2.28. The maximum absolute atomic E-state index is 11.4. The number of nitrogens with one attached hydrogen (secondary N) is 1. The number of hydrogen-bond donors (Lipinski definition) is 3. The Kier molecular flexibility index (Phi) is 4.13. The van der Waals surface area contributed by atoms with Crippen LogP contribution in [0.4, 0.5) is 5.69 Å². The minimum Gasteiger partial charge on any atom is -0.394 e. The molecule has 17 heavy (non-hydrogen) atoms. The normalized spacial score (nSPS) is 15.3. The standard InChI is InChI=1S/C11H18N2O3S/c1-3-11(2,8-14)13-9-6-4-5-7-10(9)17(12,15)16/h4-7,13-14H,3,8H2,1-2H3,(H2,12,15,16). The Morgan fingerprint density at radius 3 is 2.47 bits per heavy atom. The second kappa shape index (κ2) is 5.03. The predicted octanol–water partition coefficient (Wildman–Crippen LogP) is 0.907. The number of rotatable bonds is 5. The van der Waals surface area contributed by atoms with E-state index in [1.54, 1.807) is 18.2 Å². The third-order valence-electron chi connectivity index (χ3n) is 2.76. The SMILES string of the molecule is CCC(C)(CO)Nc1ccccc1S(N)(=O)=O. The van der Waals surface area contributed by atoms with E-state index < -0.39 is 15.6 Å². The van der Waals surface area contributed by atoms with Gasteiger partial charge in [-0.05, 0) is 25.5 Å². The molecule has 0 aliphatic heterocycles. The van der Waals surface area contributed by atoms with Crippen LogP contribution in [0.1, 0.15) is 20.3 Å². The summed E-state index contributed by atoms with van der Waals surface area (Å²) in [6.07, 6.45) is 0.655. The molecule has 96 valence electrons. The summed E-state index contributed by atoms with van der Waals surface area (Å²) in [4.78, 5) is 0.0353. The van der Waals surface area contributed by atoms with Crippen LogP contribution in [0.2, 0.25) is 0 Å².